The van der Waals surface area contributed by atoms with Gasteiger partial charge < -0.3 is 5.11 Å². The van der Waals surface area contributed by atoms with Crippen LogP contribution in [0.4, 0.5) is 0 Å². The van der Waals surface area contributed by atoms with Gasteiger partial charge >= 0.3 is 5.97 Å². The number of hydrogen-bond acceptors (Lipinski definition) is 2. The topological polar surface area (TPSA) is 50.2 Å². The van der Waals surface area contributed by atoms with Crippen LogP contribution in [0.15, 0.2) is 12.1 Å². The largest absolute Gasteiger partial charge is 0.478 e. The molecule has 0 fully saturated rings. The standard InChI is InChI=1S/C13H11Cl2NO2/c1-3-8-6(2)16-12-9(11(8)13(17)18)4-7(14)5-10(12)15/h4-5H,3H2,1-2H3,(H,17,18). The van der Waals surface area contributed by atoms with Crippen LogP contribution in [0.5, 0.6) is 0 Å². The van der Waals surface area contributed by atoms with E-state index in [4.69, 9.17) is 23.2 Å². The van der Waals surface area contributed by atoms with E-state index in [1.807, 2.05) is 6.92 Å². The number of carboxylic acids is 1. The molecule has 0 aliphatic carbocycles. The molecule has 0 radical (unpaired) electrons. The fraction of sp³-hybridized carbons (Fsp3) is 0.231. The molecule has 0 amide bonds. The molecule has 1 N–H and O–H groups in total. The van der Waals surface area contributed by atoms with E-state index in [0.29, 0.717) is 38.6 Å². The zero-order valence-electron chi connectivity index (χ0n) is 9.92. The summed E-state index contributed by atoms with van der Waals surface area (Å²) in [6.07, 6.45) is 0.598. The highest BCUT2D eigenvalue weighted by Crippen LogP contribution is 2.31. The van der Waals surface area contributed by atoms with Crippen LogP contribution < -0.4 is 0 Å². The lowest BCUT2D eigenvalue weighted by atomic mass is 9.99. The number of aromatic nitrogens is 1. The average Bonchev–Trinajstić information content (AvgIpc) is 2.28. The molecule has 2 aromatic rings. The minimum absolute atomic E-state index is 0.240. The van der Waals surface area contributed by atoms with E-state index in [-0.39, 0.29) is 5.56 Å². The van der Waals surface area contributed by atoms with Gasteiger partial charge in [0.2, 0.25) is 0 Å². The Morgan fingerprint density at radius 3 is 2.61 bits per heavy atom. The van der Waals surface area contributed by atoms with Crippen LogP contribution in [-0.2, 0) is 6.42 Å². The molecule has 2 rings (SSSR count). The third kappa shape index (κ3) is 2.04. The molecule has 1 aromatic carbocycles. The third-order valence-electron chi connectivity index (χ3n) is 2.88. The molecule has 0 aliphatic rings. The summed E-state index contributed by atoms with van der Waals surface area (Å²) in [6.45, 7) is 3.68. The maximum Gasteiger partial charge on any atom is 0.336 e. The minimum Gasteiger partial charge on any atom is -0.478 e. The van der Waals surface area contributed by atoms with Gasteiger partial charge in [0.1, 0.15) is 0 Å². The zero-order chi connectivity index (χ0) is 13.4. The number of hydrogen-bond donors (Lipinski definition) is 1. The van der Waals surface area contributed by atoms with E-state index in [2.05, 4.69) is 4.98 Å². The normalized spacial score (nSPS) is 10.9. The van der Waals surface area contributed by atoms with Gasteiger partial charge in [-0.15, -0.1) is 0 Å². The van der Waals surface area contributed by atoms with Crippen LogP contribution in [0.3, 0.4) is 0 Å². The molecule has 18 heavy (non-hydrogen) atoms. The molecule has 1 heterocycles. The minimum atomic E-state index is -0.985. The summed E-state index contributed by atoms with van der Waals surface area (Å²) in [7, 11) is 0. The highest BCUT2D eigenvalue weighted by Gasteiger charge is 2.19. The molecule has 0 atom stereocenters. The van der Waals surface area contributed by atoms with E-state index in [0.717, 1.165) is 0 Å². The van der Waals surface area contributed by atoms with Gasteiger partial charge in [0.25, 0.3) is 0 Å². The number of aryl methyl sites for hydroxylation is 1. The summed E-state index contributed by atoms with van der Waals surface area (Å²) in [4.78, 5) is 15.8. The predicted octanol–water partition coefficient (Wildman–Crippen LogP) is 4.11. The molecule has 94 valence electrons. The molecule has 3 nitrogen and oxygen atoms in total. The lowest BCUT2D eigenvalue weighted by molar-refractivity contribution is 0.0697. The van der Waals surface area contributed by atoms with Crippen molar-refractivity contribution in [3.05, 3.63) is 39.0 Å². The summed E-state index contributed by atoms with van der Waals surface area (Å²) in [6, 6.07) is 3.16. The Balaban J connectivity index is 3.01. The summed E-state index contributed by atoms with van der Waals surface area (Å²) >= 11 is 12.0. The van der Waals surface area contributed by atoms with Crippen molar-refractivity contribution in [3.63, 3.8) is 0 Å². The Kier molecular flexibility index (Phi) is 3.46. The van der Waals surface area contributed by atoms with Crippen LogP contribution in [0.1, 0.15) is 28.5 Å². The lowest BCUT2D eigenvalue weighted by Crippen LogP contribution is -2.07. The van der Waals surface area contributed by atoms with Gasteiger partial charge in [-0.3, -0.25) is 4.98 Å². The van der Waals surface area contributed by atoms with Crippen molar-refractivity contribution in [1.82, 2.24) is 4.98 Å². The molecular weight excluding hydrogens is 273 g/mol. The number of carbonyl (C=O) groups is 1. The van der Waals surface area contributed by atoms with Gasteiger partial charge in [-0.05, 0) is 31.0 Å². The van der Waals surface area contributed by atoms with Gasteiger partial charge in [-0.2, -0.15) is 0 Å². The van der Waals surface area contributed by atoms with E-state index < -0.39 is 5.97 Å². The number of fused-ring (bicyclic) bond motifs is 1. The summed E-state index contributed by atoms with van der Waals surface area (Å²) in [5.41, 5.74) is 2.12. The highest BCUT2D eigenvalue weighted by molar-refractivity contribution is 6.38. The first kappa shape index (κ1) is 13.1. The van der Waals surface area contributed by atoms with Gasteiger partial charge in [-0.25, -0.2) is 4.79 Å². The number of carboxylic acid groups (broad SMARTS) is 1. The Morgan fingerprint density at radius 1 is 1.39 bits per heavy atom. The van der Waals surface area contributed by atoms with Crippen molar-refractivity contribution in [1.29, 1.82) is 0 Å². The maximum absolute atomic E-state index is 11.5. The first-order valence-corrected chi connectivity index (χ1v) is 6.22. The SMILES string of the molecule is CCc1c(C)nc2c(Cl)cc(Cl)cc2c1C(=O)O. The number of halogens is 2. The second kappa shape index (κ2) is 4.75. The summed E-state index contributed by atoms with van der Waals surface area (Å²) in [5.74, 6) is -0.985. The van der Waals surface area contributed by atoms with Crippen molar-refractivity contribution in [3.8, 4) is 0 Å². The van der Waals surface area contributed by atoms with Crippen LogP contribution in [0.2, 0.25) is 10.0 Å². The van der Waals surface area contributed by atoms with Crippen molar-refractivity contribution in [2.75, 3.05) is 0 Å². The summed E-state index contributed by atoms with van der Waals surface area (Å²) < 4.78 is 0. The van der Waals surface area contributed by atoms with Crippen LogP contribution in [0.25, 0.3) is 10.9 Å². The van der Waals surface area contributed by atoms with E-state index >= 15 is 0 Å². The van der Waals surface area contributed by atoms with E-state index in [1.54, 1.807) is 19.1 Å². The third-order valence-corrected chi connectivity index (χ3v) is 3.39. The predicted molar refractivity (Wildman–Crippen MR) is 72.8 cm³/mol. The number of benzene rings is 1. The maximum atomic E-state index is 11.5. The summed E-state index contributed by atoms with van der Waals surface area (Å²) in [5, 5.41) is 10.6. The smallest absolute Gasteiger partial charge is 0.336 e. The van der Waals surface area contributed by atoms with Crippen molar-refractivity contribution >= 4 is 40.1 Å². The van der Waals surface area contributed by atoms with E-state index in [1.165, 1.54) is 0 Å². The molecule has 5 heteroatoms. The van der Waals surface area contributed by atoms with E-state index in [9.17, 15) is 9.90 Å². The van der Waals surface area contributed by atoms with Gasteiger partial charge in [0.05, 0.1) is 16.1 Å². The second-order valence-corrected chi connectivity index (χ2v) is 4.84. The van der Waals surface area contributed by atoms with Crippen molar-refractivity contribution < 1.29 is 9.90 Å². The quantitative estimate of drug-likeness (QED) is 0.902. The fourth-order valence-corrected chi connectivity index (χ4v) is 2.66. The average molecular weight is 284 g/mol. The van der Waals surface area contributed by atoms with Crippen LogP contribution in [-0.4, -0.2) is 16.1 Å². The molecule has 0 spiro atoms. The molecule has 1 aromatic heterocycles. The zero-order valence-corrected chi connectivity index (χ0v) is 11.4. The first-order chi connectivity index (χ1) is 8.45. The monoisotopic (exact) mass is 283 g/mol. The molecule has 0 unspecified atom stereocenters. The Bertz CT molecular complexity index is 653. The molecule has 0 aliphatic heterocycles. The van der Waals surface area contributed by atoms with Gasteiger partial charge in [0.15, 0.2) is 0 Å². The Hall–Kier alpha value is -1.32. The lowest BCUT2D eigenvalue weighted by Gasteiger charge is -2.12. The number of rotatable bonds is 2. The van der Waals surface area contributed by atoms with Gasteiger partial charge in [0, 0.05) is 16.1 Å². The van der Waals surface area contributed by atoms with Crippen molar-refractivity contribution in [2.24, 2.45) is 0 Å². The molecule has 0 saturated carbocycles. The highest BCUT2D eigenvalue weighted by atomic mass is 35.5. The fourth-order valence-electron chi connectivity index (χ4n) is 2.13. The van der Waals surface area contributed by atoms with Crippen LogP contribution >= 0.6 is 23.2 Å². The van der Waals surface area contributed by atoms with Gasteiger partial charge in [-0.1, -0.05) is 30.1 Å². The van der Waals surface area contributed by atoms with Crippen molar-refractivity contribution in [2.45, 2.75) is 20.3 Å². The number of aromatic carboxylic acids is 1. The second-order valence-electron chi connectivity index (χ2n) is 3.99. The first-order valence-electron chi connectivity index (χ1n) is 5.47. The molecular formula is C13H11Cl2NO2. The number of nitrogens with zero attached hydrogens (tertiary/aromatic N) is 1. The number of pyridine rings is 1. The molecule has 0 saturated heterocycles. The molecule has 0 bridgehead atoms. The van der Waals surface area contributed by atoms with Crippen LogP contribution in [0, 0.1) is 6.92 Å². The Morgan fingerprint density at radius 2 is 2.06 bits per heavy atom. The Labute approximate surface area is 114 Å².